The lowest BCUT2D eigenvalue weighted by Gasteiger charge is -2.10. The molecule has 1 aromatic heterocycles. The first kappa shape index (κ1) is 20.6. The zero-order chi connectivity index (χ0) is 21.1. The molecule has 0 bridgehead atoms. The molecule has 0 saturated heterocycles. The van der Waals surface area contributed by atoms with Crippen LogP contribution >= 0.6 is 11.6 Å². The Hall–Kier alpha value is -3.12. The second kappa shape index (κ2) is 8.49. The van der Waals surface area contributed by atoms with Crippen LogP contribution in [0.1, 0.15) is 32.1 Å². The van der Waals surface area contributed by atoms with Crippen LogP contribution < -0.4 is 4.74 Å². The molecule has 0 N–H and O–H groups in total. The van der Waals surface area contributed by atoms with E-state index in [9.17, 15) is 14.0 Å². The Bertz CT molecular complexity index is 1070. The Morgan fingerprint density at radius 2 is 1.76 bits per heavy atom. The molecule has 3 rings (SSSR count). The first-order valence-corrected chi connectivity index (χ1v) is 9.18. The topological polar surface area (TPSA) is 57.5 Å². The van der Waals surface area contributed by atoms with Crippen LogP contribution in [-0.4, -0.2) is 30.0 Å². The summed E-state index contributed by atoms with van der Waals surface area (Å²) in [6.45, 7) is 3.25. The van der Waals surface area contributed by atoms with E-state index in [1.54, 1.807) is 18.2 Å². The minimum absolute atomic E-state index is 0.00253. The number of aromatic nitrogens is 1. The van der Waals surface area contributed by atoms with Gasteiger partial charge in [0.15, 0.2) is 18.2 Å². The Morgan fingerprint density at radius 1 is 1.07 bits per heavy atom. The number of ketones is 1. The second-order valence-corrected chi connectivity index (χ2v) is 6.88. The highest BCUT2D eigenvalue weighted by atomic mass is 35.5. The van der Waals surface area contributed by atoms with Crippen molar-refractivity contribution in [2.24, 2.45) is 0 Å². The SMILES string of the molecule is COc1ccc(C(=O)OCC(=O)c2cc(C)n(-c3ccc(Cl)cc3)c2C)cc1F. The predicted molar refractivity (Wildman–Crippen MR) is 108 cm³/mol. The molecule has 0 aliphatic rings. The lowest BCUT2D eigenvalue weighted by Crippen LogP contribution is -2.15. The fourth-order valence-electron chi connectivity index (χ4n) is 3.12. The third kappa shape index (κ3) is 4.32. The Kier molecular flexibility index (Phi) is 6.03. The number of carbonyl (C=O) groups excluding carboxylic acids is 2. The molecule has 0 unspecified atom stereocenters. The maximum atomic E-state index is 13.8. The molecule has 1 heterocycles. The van der Waals surface area contributed by atoms with Gasteiger partial charge in [-0.3, -0.25) is 4.79 Å². The van der Waals surface area contributed by atoms with Crippen LogP contribution in [0.5, 0.6) is 5.75 Å². The Labute approximate surface area is 172 Å². The van der Waals surface area contributed by atoms with Crippen molar-refractivity contribution in [3.05, 3.63) is 81.9 Å². The van der Waals surface area contributed by atoms with Crippen LogP contribution in [0.2, 0.25) is 5.02 Å². The molecule has 0 aliphatic carbocycles. The number of aryl methyl sites for hydroxylation is 1. The van der Waals surface area contributed by atoms with Gasteiger partial charge in [-0.25, -0.2) is 9.18 Å². The van der Waals surface area contributed by atoms with Gasteiger partial charge in [0.05, 0.1) is 12.7 Å². The van der Waals surface area contributed by atoms with Crippen molar-refractivity contribution in [2.75, 3.05) is 13.7 Å². The number of hydrogen-bond acceptors (Lipinski definition) is 4. The van der Waals surface area contributed by atoms with Gasteiger partial charge in [0.25, 0.3) is 0 Å². The van der Waals surface area contributed by atoms with Gasteiger partial charge >= 0.3 is 5.97 Å². The third-order valence-corrected chi connectivity index (χ3v) is 4.79. The van der Waals surface area contributed by atoms with Gasteiger partial charge in [0.2, 0.25) is 5.78 Å². The summed E-state index contributed by atoms with van der Waals surface area (Å²) in [5.74, 6) is -1.79. The number of carbonyl (C=O) groups is 2. The standard InChI is InChI=1S/C22H19ClFNO4/c1-13-10-18(14(2)25(13)17-7-5-16(23)6-8-17)20(26)12-29-22(27)15-4-9-21(28-3)19(24)11-15/h4-11H,12H2,1-3H3. The summed E-state index contributed by atoms with van der Waals surface area (Å²) in [7, 11) is 1.33. The van der Waals surface area contributed by atoms with Gasteiger partial charge < -0.3 is 14.0 Å². The predicted octanol–water partition coefficient (Wildman–Crippen LogP) is 4.93. The molecule has 2 aromatic carbocycles. The lowest BCUT2D eigenvalue weighted by molar-refractivity contribution is 0.0474. The van der Waals surface area contributed by atoms with Crippen molar-refractivity contribution in [3.8, 4) is 11.4 Å². The highest BCUT2D eigenvalue weighted by Gasteiger charge is 2.19. The van der Waals surface area contributed by atoms with E-state index in [1.807, 2.05) is 30.5 Å². The Balaban J connectivity index is 1.74. The van der Waals surface area contributed by atoms with Crippen LogP contribution in [0.4, 0.5) is 4.39 Å². The largest absolute Gasteiger partial charge is 0.494 e. The van der Waals surface area contributed by atoms with Crippen molar-refractivity contribution in [3.63, 3.8) is 0 Å². The molecule has 0 atom stereocenters. The number of Topliss-reactive ketones (excluding diaryl/α,β-unsaturated/α-hetero) is 1. The van der Waals surface area contributed by atoms with Gasteiger partial charge in [0, 0.05) is 27.7 Å². The summed E-state index contributed by atoms with van der Waals surface area (Å²) in [6.07, 6.45) is 0. The number of nitrogens with zero attached hydrogens (tertiary/aromatic N) is 1. The van der Waals surface area contributed by atoms with Crippen molar-refractivity contribution in [1.82, 2.24) is 4.57 Å². The number of ether oxygens (including phenoxy) is 2. The maximum absolute atomic E-state index is 13.8. The van der Waals surface area contributed by atoms with E-state index < -0.39 is 18.4 Å². The average molecular weight is 416 g/mol. The highest BCUT2D eigenvalue weighted by Crippen LogP contribution is 2.23. The zero-order valence-corrected chi connectivity index (χ0v) is 16.9. The van der Waals surface area contributed by atoms with Crippen molar-refractivity contribution >= 4 is 23.4 Å². The van der Waals surface area contributed by atoms with Gasteiger partial charge in [-0.05, 0) is 62.4 Å². The minimum atomic E-state index is -0.786. The number of esters is 1. The highest BCUT2D eigenvalue weighted by molar-refractivity contribution is 6.30. The van der Waals surface area contributed by atoms with Crippen LogP contribution in [-0.2, 0) is 4.74 Å². The van der Waals surface area contributed by atoms with Gasteiger partial charge in [-0.15, -0.1) is 0 Å². The van der Waals surface area contributed by atoms with E-state index in [4.69, 9.17) is 21.1 Å². The molecule has 0 aliphatic heterocycles. The molecule has 5 nitrogen and oxygen atoms in total. The molecule has 29 heavy (non-hydrogen) atoms. The minimum Gasteiger partial charge on any atom is -0.494 e. The fourth-order valence-corrected chi connectivity index (χ4v) is 3.24. The van der Waals surface area contributed by atoms with Crippen molar-refractivity contribution in [1.29, 1.82) is 0 Å². The smallest absolute Gasteiger partial charge is 0.338 e. The Morgan fingerprint density at radius 3 is 2.38 bits per heavy atom. The van der Waals surface area contributed by atoms with Crippen molar-refractivity contribution < 1.29 is 23.5 Å². The molecule has 150 valence electrons. The van der Waals surface area contributed by atoms with Crippen LogP contribution in [0.15, 0.2) is 48.5 Å². The first-order valence-electron chi connectivity index (χ1n) is 8.80. The van der Waals surface area contributed by atoms with Gasteiger partial charge in [-0.2, -0.15) is 0 Å². The first-order chi connectivity index (χ1) is 13.8. The molecular weight excluding hydrogens is 397 g/mol. The zero-order valence-electron chi connectivity index (χ0n) is 16.2. The summed E-state index contributed by atoms with van der Waals surface area (Å²) in [4.78, 5) is 24.8. The molecule has 0 spiro atoms. The monoisotopic (exact) mass is 415 g/mol. The molecule has 0 amide bonds. The van der Waals surface area contributed by atoms with Crippen LogP contribution in [0.3, 0.4) is 0 Å². The maximum Gasteiger partial charge on any atom is 0.338 e. The number of rotatable bonds is 6. The van der Waals surface area contributed by atoms with E-state index >= 15 is 0 Å². The molecule has 3 aromatic rings. The van der Waals surface area contributed by atoms with Gasteiger partial charge in [-0.1, -0.05) is 11.6 Å². The van der Waals surface area contributed by atoms with E-state index in [0.717, 1.165) is 23.1 Å². The van der Waals surface area contributed by atoms with Crippen molar-refractivity contribution in [2.45, 2.75) is 13.8 Å². The molecule has 0 radical (unpaired) electrons. The van der Waals surface area contributed by atoms with E-state index in [-0.39, 0.29) is 17.1 Å². The summed E-state index contributed by atoms with van der Waals surface area (Å²) in [6, 6.07) is 12.7. The number of benzene rings is 2. The quantitative estimate of drug-likeness (QED) is 0.423. The number of hydrogen-bond donors (Lipinski definition) is 0. The lowest BCUT2D eigenvalue weighted by atomic mass is 10.1. The second-order valence-electron chi connectivity index (χ2n) is 6.45. The van der Waals surface area contributed by atoms with Crippen LogP contribution in [0, 0.1) is 19.7 Å². The van der Waals surface area contributed by atoms with Gasteiger partial charge in [0.1, 0.15) is 0 Å². The van der Waals surface area contributed by atoms with E-state index in [1.165, 1.54) is 19.2 Å². The average Bonchev–Trinajstić information content (AvgIpc) is 3.00. The summed E-state index contributed by atoms with van der Waals surface area (Å²) < 4.78 is 25.6. The third-order valence-electron chi connectivity index (χ3n) is 4.54. The molecule has 0 saturated carbocycles. The number of methoxy groups -OCH3 is 1. The van der Waals surface area contributed by atoms with E-state index in [0.29, 0.717) is 10.6 Å². The van der Waals surface area contributed by atoms with E-state index in [2.05, 4.69) is 0 Å². The summed E-state index contributed by atoms with van der Waals surface area (Å²) in [5.41, 5.74) is 2.90. The fraction of sp³-hybridized carbons (Fsp3) is 0.182. The van der Waals surface area contributed by atoms with Crippen LogP contribution in [0.25, 0.3) is 5.69 Å². The molecular formula is C22H19ClFNO4. The number of halogens is 2. The summed E-state index contributed by atoms with van der Waals surface area (Å²) >= 11 is 5.94. The molecule has 7 heteroatoms. The summed E-state index contributed by atoms with van der Waals surface area (Å²) in [5, 5.41) is 0.620. The molecule has 0 fully saturated rings. The normalized spacial score (nSPS) is 10.7.